The first-order valence-corrected chi connectivity index (χ1v) is 7.90. The maximum atomic E-state index is 12.7. The molecular formula is C16H21ClN2O. The zero-order valence-electron chi connectivity index (χ0n) is 11.6. The van der Waals surface area contributed by atoms with E-state index in [1.165, 1.54) is 6.42 Å². The van der Waals surface area contributed by atoms with Crippen molar-refractivity contribution in [2.45, 2.75) is 50.7 Å². The van der Waals surface area contributed by atoms with E-state index in [1.807, 2.05) is 24.3 Å². The van der Waals surface area contributed by atoms with Crippen LogP contribution in [0.25, 0.3) is 0 Å². The third-order valence-corrected chi connectivity index (χ3v) is 4.40. The average Bonchev–Trinajstić information content (AvgIpc) is 3.31. The Balaban J connectivity index is 1.68. The van der Waals surface area contributed by atoms with E-state index >= 15 is 0 Å². The van der Waals surface area contributed by atoms with Gasteiger partial charge < -0.3 is 10.2 Å². The van der Waals surface area contributed by atoms with Gasteiger partial charge >= 0.3 is 0 Å². The SMILES string of the molecule is O=C([C@@H]1CCCCN1)N(Cc1ccc(Cl)cc1)C1CC1. The molecule has 1 saturated heterocycles. The van der Waals surface area contributed by atoms with Crippen LogP contribution >= 0.6 is 11.6 Å². The lowest BCUT2D eigenvalue weighted by Crippen LogP contribution is -2.49. The predicted octanol–water partition coefficient (Wildman–Crippen LogP) is 2.97. The van der Waals surface area contributed by atoms with Gasteiger partial charge in [-0.15, -0.1) is 0 Å². The number of nitrogens with zero attached hydrogens (tertiary/aromatic N) is 1. The molecule has 1 N–H and O–H groups in total. The summed E-state index contributed by atoms with van der Waals surface area (Å²) in [5, 5.41) is 4.11. The average molecular weight is 293 g/mol. The highest BCUT2D eigenvalue weighted by Crippen LogP contribution is 2.30. The summed E-state index contributed by atoms with van der Waals surface area (Å²) in [5.41, 5.74) is 1.16. The highest BCUT2D eigenvalue weighted by molar-refractivity contribution is 6.30. The maximum absolute atomic E-state index is 12.7. The largest absolute Gasteiger partial charge is 0.334 e. The Labute approximate surface area is 125 Å². The number of benzene rings is 1. The van der Waals surface area contributed by atoms with Gasteiger partial charge in [-0.05, 0) is 49.9 Å². The number of hydrogen-bond donors (Lipinski definition) is 1. The number of nitrogens with one attached hydrogen (secondary N) is 1. The predicted molar refractivity (Wildman–Crippen MR) is 80.7 cm³/mol. The molecule has 0 spiro atoms. The van der Waals surface area contributed by atoms with Gasteiger partial charge in [-0.3, -0.25) is 4.79 Å². The molecular weight excluding hydrogens is 272 g/mol. The lowest BCUT2D eigenvalue weighted by Gasteiger charge is -2.30. The van der Waals surface area contributed by atoms with Crippen molar-refractivity contribution in [2.24, 2.45) is 0 Å². The van der Waals surface area contributed by atoms with Crippen LogP contribution in [0.4, 0.5) is 0 Å². The Hall–Kier alpha value is -1.06. The molecule has 108 valence electrons. The number of carbonyl (C=O) groups excluding carboxylic acids is 1. The molecule has 1 aromatic rings. The molecule has 1 saturated carbocycles. The van der Waals surface area contributed by atoms with Crippen LogP contribution in [0.1, 0.15) is 37.7 Å². The van der Waals surface area contributed by atoms with Crippen LogP contribution in [0.5, 0.6) is 0 Å². The topological polar surface area (TPSA) is 32.3 Å². The first-order chi connectivity index (χ1) is 9.74. The maximum Gasteiger partial charge on any atom is 0.240 e. The van der Waals surface area contributed by atoms with Crippen molar-refractivity contribution >= 4 is 17.5 Å². The molecule has 0 radical (unpaired) electrons. The van der Waals surface area contributed by atoms with Gasteiger partial charge in [0.15, 0.2) is 0 Å². The molecule has 4 heteroatoms. The summed E-state index contributed by atoms with van der Waals surface area (Å²) in [6.07, 6.45) is 5.61. The van der Waals surface area contributed by atoms with Crippen LogP contribution < -0.4 is 5.32 Å². The molecule has 1 aromatic carbocycles. The van der Waals surface area contributed by atoms with E-state index in [1.54, 1.807) is 0 Å². The summed E-state index contributed by atoms with van der Waals surface area (Å²) >= 11 is 5.92. The van der Waals surface area contributed by atoms with Gasteiger partial charge in [-0.2, -0.15) is 0 Å². The van der Waals surface area contributed by atoms with Crippen molar-refractivity contribution in [3.8, 4) is 0 Å². The summed E-state index contributed by atoms with van der Waals surface area (Å²) in [5.74, 6) is 0.280. The summed E-state index contributed by atoms with van der Waals surface area (Å²) in [7, 11) is 0. The minimum Gasteiger partial charge on any atom is -0.334 e. The van der Waals surface area contributed by atoms with Gasteiger partial charge in [-0.25, -0.2) is 0 Å². The quantitative estimate of drug-likeness (QED) is 0.925. The molecule has 1 amide bonds. The first-order valence-electron chi connectivity index (χ1n) is 7.52. The zero-order chi connectivity index (χ0) is 13.9. The summed E-state index contributed by atoms with van der Waals surface area (Å²) in [6.45, 7) is 1.68. The third kappa shape index (κ3) is 3.33. The Morgan fingerprint density at radius 3 is 2.55 bits per heavy atom. The Morgan fingerprint density at radius 2 is 1.95 bits per heavy atom. The van der Waals surface area contributed by atoms with Crippen molar-refractivity contribution in [2.75, 3.05) is 6.54 Å². The van der Waals surface area contributed by atoms with E-state index in [0.29, 0.717) is 12.6 Å². The normalized spacial score (nSPS) is 22.6. The molecule has 2 aliphatic rings. The molecule has 0 bridgehead atoms. The van der Waals surface area contributed by atoms with E-state index in [-0.39, 0.29) is 11.9 Å². The van der Waals surface area contributed by atoms with Crippen LogP contribution in [-0.2, 0) is 11.3 Å². The Bertz CT molecular complexity index is 464. The lowest BCUT2D eigenvalue weighted by atomic mass is 10.0. The fraction of sp³-hybridized carbons (Fsp3) is 0.562. The van der Waals surface area contributed by atoms with Crippen LogP contribution in [0.15, 0.2) is 24.3 Å². The smallest absolute Gasteiger partial charge is 0.240 e. The summed E-state index contributed by atoms with van der Waals surface area (Å²) in [4.78, 5) is 14.8. The van der Waals surface area contributed by atoms with Crippen molar-refractivity contribution in [3.05, 3.63) is 34.9 Å². The fourth-order valence-electron chi connectivity index (χ4n) is 2.82. The van der Waals surface area contributed by atoms with Gasteiger partial charge in [0.1, 0.15) is 0 Å². The van der Waals surface area contributed by atoms with Crippen LogP contribution in [-0.4, -0.2) is 29.4 Å². The zero-order valence-corrected chi connectivity index (χ0v) is 12.4. The second-order valence-corrected chi connectivity index (χ2v) is 6.26. The molecule has 1 aliphatic carbocycles. The molecule has 20 heavy (non-hydrogen) atoms. The first kappa shape index (κ1) is 13.9. The lowest BCUT2D eigenvalue weighted by molar-refractivity contribution is -0.135. The summed E-state index contributed by atoms with van der Waals surface area (Å²) in [6, 6.07) is 8.29. The molecule has 3 nitrogen and oxygen atoms in total. The van der Waals surface area contributed by atoms with Crippen molar-refractivity contribution < 1.29 is 4.79 Å². The molecule has 3 rings (SSSR count). The van der Waals surface area contributed by atoms with E-state index in [2.05, 4.69) is 10.2 Å². The monoisotopic (exact) mass is 292 g/mol. The van der Waals surface area contributed by atoms with Gasteiger partial charge in [-0.1, -0.05) is 30.2 Å². The highest BCUT2D eigenvalue weighted by Gasteiger charge is 2.36. The van der Waals surface area contributed by atoms with Crippen LogP contribution in [0, 0.1) is 0 Å². The second kappa shape index (κ2) is 6.15. The third-order valence-electron chi connectivity index (χ3n) is 4.15. The second-order valence-electron chi connectivity index (χ2n) is 5.83. The van der Waals surface area contributed by atoms with Crippen molar-refractivity contribution in [1.29, 1.82) is 0 Å². The minimum absolute atomic E-state index is 0.0247. The number of halogens is 1. The number of amides is 1. The molecule has 1 heterocycles. The summed E-state index contributed by atoms with van der Waals surface area (Å²) < 4.78 is 0. The number of hydrogen-bond acceptors (Lipinski definition) is 2. The fourth-order valence-corrected chi connectivity index (χ4v) is 2.95. The number of rotatable bonds is 4. The minimum atomic E-state index is 0.0247. The van der Waals surface area contributed by atoms with E-state index in [0.717, 1.165) is 42.8 Å². The Morgan fingerprint density at radius 1 is 1.20 bits per heavy atom. The standard InChI is InChI=1S/C16H21ClN2O/c17-13-6-4-12(5-7-13)11-19(14-8-9-14)16(20)15-3-1-2-10-18-15/h4-7,14-15,18H,1-3,8-11H2/t15-/m0/s1. The van der Waals surface area contributed by atoms with Gasteiger partial charge in [0.05, 0.1) is 6.04 Å². The van der Waals surface area contributed by atoms with Crippen molar-refractivity contribution in [3.63, 3.8) is 0 Å². The van der Waals surface area contributed by atoms with E-state index in [9.17, 15) is 4.79 Å². The van der Waals surface area contributed by atoms with Gasteiger partial charge in [0.2, 0.25) is 5.91 Å². The van der Waals surface area contributed by atoms with Crippen molar-refractivity contribution in [1.82, 2.24) is 10.2 Å². The van der Waals surface area contributed by atoms with Gasteiger partial charge in [0, 0.05) is 17.6 Å². The van der Waals surface area contributed by atoms with Crippen LogP contribution in [0.3, 0.4) is 0 Å². The van der Waals surface area contributed by atoms with E-state index < -0.39 is 0 Å². The number of piperidine rings is 1. The van der Waals surface area contributed by atoms with E-state index in [4.69, 9.17) is 11.6 Å². The molecule has 1 atom stereocenters. The molecule has 2 fully saturated rings. The molecule has 0 aromatic heterocycles. The molecule has 0 unspecified atom stereocenters. The Kier molecular flexibility index (Phi) is 4.27. The molecule has 1 aliphatic heterocycles. The highest BCUT2D eigenvalue weighted by atomic mass is 35.5. The number of carbonyl (C=O) groups is 1. The van der Waals surface area contributed by atoms with Gasteiger partial charge in [0.25, 0.3) is 0 Å². The van der Waals surface area contributed by atoms with Crippen LogP contribution in [0.2, 0.25) is 5.02 Å².